The first-order chi connectivity index (χ1) is 13.1. The Morgan fingerprint density at radius 2 is 2.00 bits per heavy atom. The molecule has 2 rings (SSSR count). The summed E-state index contributed by atoms with van der Waals surface area (Å²) in [5.74, 6) is 6.22. The van der Waals surface area contributed by atoms with Crippen molar-refractivity contribution >= 4 is 23.4 Å². The maximum Gasteiger partial charge on any atom is 0.347 e. The van der Waals surface area contributed by atoms with Crippen LogP contribution in [0.3, 0.4) is 0 Å². The Bertz CT molecular complexity index is 992. The molecule has 1 aromatic heterocycles. The van der Waals surface area contributed by atoms with Crippen LogP contribution in [0, 0.1) is 17.3 Å². The first kappa shape index (κ1) is 20.5. The van der Waals surface area contributed by atoms with E-state index in [1.807, 2.05) is 20.8 Å². The highest BCUT2D eigenvalue weighted by Crippen LogP contribution is 2.22. The minimum absolute atomic E-state index is 0.0356. The summed E-state index contributed by atoms with van der Waals surface area (Å²) >= 11 is 0. The van der Waals surface area contributed by atoms with Gasteiger partial charge in [0, 0.05) is 28.9 Å². The third-order valence-corrected chi connectivity index (χ3v) is 3.58. The number of nitrogens with two attached hydrogens (primary N) is 2. The largest absolute Gasteiger partial charge is 0.512 e. The van der Waals surface area contributed by atoms with Gasteiger partial charge >= 0.3 is 6.03 Å². The smallest absolute Gasteiger partial charge is 0.347 e. The number of urea groups is 1. The van der Waals surface area contributed by atoms with Gasteiger partial charge in [-0.05, 0) is 30.3 Å². The molecule has 28 heavy (non-hydrogen) atoms. The fraction of sp³-hybridized carbons (Fsp3) is 0.190. The SMILES string of the molecule is CC(C)(C)/C(O)=C/C(N)=N\C(=O)Nc1cccc(C#Cc2cccnc2N)c1. The number of aromatic nitrogens is 1. The number of aliphatic imine (C=N–C) groups is 1. The van der Waals surface area contributed by atoms with E-state index in [9.17, 15) is 9.90 Å². The zero-order chi connectivity index (χ0) is 20.7. The number of nitrogens with one attached hydrogen (secondary N) is 1. The van der Waals surface area contributed by atoms with Gasteiger partial charge in [0.05, 0.1) is 5.56 Å². The van der Waals surface area contributed by atoms with Crippen LogP contribution in [0.25, 0.3) is 0 Å². The predicted molar refractivity (Wildman–Crippen MR) is 112 cm³/mol. The number of aliphatic hydroxyl groups excluding tert-OH is 1. The molecule has 7 heteroatoms. The maximum absolute atomic E-state index is 12.0. The Morgan fingerprint density at radius 3 is 2.68 bits per heavy atom. The molecule has 0 aliphatic carbocycles. The molecule has 0 fully saturated rings. The Balaban J connectivity index is 2.12. The number of carbonyl (C=O) groups is 1. The van der Waals surface area contributed by atoms with Crippen molar-refractivity contribution in [1.82, 2.24) is 4.98 Å². The van der Waals surface area contributed by atoms with Crippen molar-refractivity contribution in [1.29, 1.82) is 0 Å². The van der Waals surface area contributed by atoms with Gasteiger partial charge in [-0.15, -0.1) is 0 Å². The number of benzene rings is 1. The second-order valence-electron chi connectivity index (χ2n) is 7.01. The van der Waals surface area contributed by atoms with Crippen molar-refractivity contribution in [3.8, 4) is 11.8 Å². The van der Waals surface area contributed by atoms with E-state index in [-0.39, 0.29) is 11.6 Å². The number of nitrogen functional groups attached to an aromatic ring is 1. The van der Waals surface area contributed by atoms with Crippen LogP contribution in [-0.4, -0.2) is 22.0 Å². The predicted octanol–water partition coefficient (Wildman–Crippen LogP) is 3.44. The molecule has 0 saturated heterocycles. The van der Waals surface area contributed by atoms with E-state index in [1.165, 1.54) is 6.08 Å². The monoisotopic (exact) mass is 377 g/mol. The van der Waals surface area contributed by atoms with Crippen molar-refractivity contribution in [3.63, 3.8) is 0 Å². The minimum atomic E-state index is -0.655. The first-order valence-electron chi connectivity index (χ1n) is 8.54. The standard InChI is InChI=1S/C21H23N5O2/c1-21(2,3)17(27)13-18(22)26-20(28)25-16-8-4-6-14(12-16)9-10-15-7-5-11-24-19(15)23/h4-8,11-13,27H,1-3H3,(H2,23,24)(H3,22,25,26,28)/b17-13-. The maximum atomic E-state index is 12.0. The molecule has 0 bridgehead atoms. The fourth-order valence-electron chi connectivity index (χ4n) is 1.99. The topological polar surface area (TPSA) is 127 Å². The van der Waals surface area contributed by atoms with E-state index in [4.69, 9.17) is 11.5 Å². The highest BCUT2D eigenvalue weighted by atomic mass is 16.3. The van der Waals surface area contributed by atoms with Crippen LogP contribution < -0.4 is 16.8 Å². The Morgan fingerprint density at radius 1 is 1.25 bits per heavy atom. The number of nitrogens with zero attached hydrogens (tertiary/aromatic N) is 2. The van der Waals surface area contributed by atoms with Gasteiger partial charge in [-0.2, -0.15) is 4.99 Å². The van der Waals surface area contributed by atoms with Crippen molar-refractivity contribution in [2.45, 2.75) is 20.8 Å². The average molecular weight is 377 g/mol. The van der Waals surface area contributed by atoms with Crippen LogP contribution in [0.5, 0.6) is 0 Å². The Labute approximate surface area is 164 Å². The van der Waals surface area contributed by atoms with Crippen molar-refractivity contribution in [3.05, 3.63) is 65.6 Å². The number of carbonyl (C=O) groups excluding carboxylic acids is 1. The van der Waals surface area contributed by atoms with Gasteiger partial charge in [-0.3, -0.25) is 0 Å². The van der Waals surface area contributed by atoms with Gasteiger partial charge in [0.1, 0.15) is 17.4 Å². The third kappa shape index (κ3) is 6.18. The van der Waals surface area contributed by atoms with Gasteiger partial charge in [-0.1, -0.05) is 38.7 Å². The number of allylic oxidation sites excluding steroid dienone is 1. The van der Waals surface area contributed by atoms with E-state index in [0.717, 1.165) is 0 Å². The van der Waals surface area contributed by atoms with Crippen LogP contribution >= 0.6 is 0 Å². The lowest BCUT2D eigenvalue weighted by atomic mass is 9.93. The zero-order valence-electron chi connectivity index (χ0n) is 16.0. The summed E-state index contributed by atoms with van der Waals surface area (Å²) in [6.07, 6.45) is 2.86. The average Bonchev–Trinajstić information content (AvgIpc) is 2.60. The fourth-order valence-corrected chi connectivity index (χ4v) is 1.99. The third-order valence-electron chi connectivity index (χ3n) is 3.58. The number of amides is 2. The molecule has 0 aliphatic rings. The number of aliphatic hydroxyl groups is 1. The number of pyridine rings is 1. The molecule has 144 valence electrons. The number of amidine groups is 1. The van der Waals surface area contributed by atoms with Crippen LogP contribution in [0.4, 0.5) is 16.3 Å². The van der Waals surface area contributed by atoms with Gasteiger partial charge < -0.3 is 21.9 Å². The summed E-state index contributed by atoms with van der Waals surface area (Å²) < 4.78 is 0. The van der Waals surface area contributed by atoms with Crippen molar-refractivity contribution < 1.29 is 9.90 Å². The summed E-state index contributed by atoms with van der Waals surface area (Å²) in [4.78, 5) is 19.7. The van der Waals surface area contributed by atoms with Gasteiger partial charge in [0.25, 0.3) is 0 Å². The number of hydrogen-bond acceptors (Lipinski definition) is 4. The Kier molecular flexibility index (Phi) is 6.40. The molecular weight excluding hydrogens is 354 g/mol. The van der Waals surface area contributed by atoms with Gasteiger partial charge in [-0.25, -0.2) is 9.78 Å². The second-order valence-corrected chi connectivity index (χ2v) is 7.01. The molecule has 2 aromatic rings. The lowest BCUT2D eigenvalue weighted by molar-refractivity contribution is 0.259. The molecule has 0 unspecified atom stereocenters. The minimum Gasteiger partial charge on any atom is -0.512 e. The molecular formula is C21H23N5O2. The molecule has 6 N–H and O–H groups in total. The van der Waals surface area contributed by atoms with E-state index in [2.05, 4.69) is 27.1 Å². The molecule has 0 atom stereocenters. The first-order valence-corrected chi connectivity index (χ1v) is 8.54. The van der Waals surface area contributed by atoms with E-state index >= 15 is 0 Å². The lowest BCUT2D eigenvalue weighted by Crippen LogP contribution is -2.18. The quantitative estimate of drug-likeness (QED) is 0.276. The summed E-state index contributed by atoms with van der Waals surface area (Å²) in [5.41, 5.74) is 12.8. The van der Waals surface area contributed by atoms with E-state index in [0.29, 0.717) is 22.6 Å². The highest BCUT2D eigenvalue weighted by Gasteiger charge is 2.16. The lowest BCUT2D eigenvalue weighted by Gasteiger charge is -2.16. The van der Waals surface area contributed by atoms with E-state index < -0.39 is 11.4 Å². The normalized spacial score (nSPS) is 12.1. The van der Waals surface area contributed by atoms with Crippen LogP contribution in [0.2, 0.25) is 0 Å². The number of rotatable bonds is 2. The van der Waals surface area contributed by atoms with Crippen LogP contribution in [-0.2, 0) is 0 Å². The molecule has 1 heterocycles. The van der Waals surface area contributed by atoms with Gasteiger partial charge in [0.2, 0.25) is 0 Å². The molecule has 2 amide bonds. The molecule has 7 nitrogen and oxygen atoms in total. The van der Waals surface area contributed by atoms with Crippen molar-refractivity contribution in [2.24, 2.45) is 16.1 Å². The Hall–Kier alpha value is -3.79. The summed E-state index contributed by atoms with van der Waals surface area (Å²) in [5, 5.41) is 12.5. The molecule has 1 aromatic carbocycles. The molecule has 0 radical (unpaired) electrons. The number of hydrogen-bond donors (Lipinski definition) is 4. The zero-order valence-corrected chi connectivity index (χ0v) is 16.0. The summed E-state index contributed by atoms with van der Waals surface area (Å²) in [6, 6.07) is 9.84. The highest BCUT2D eigenvalue weighted by molar-refractivity contribution is 6.03. The van der Waals surface area contributed by atoms with Gasteiger partial charge in [0.15, 0.2) is 0 Å². The molecule has 0 aliphatic heterocycles. The summed E-state index contributed by atoms with van der Waals surface area (Å²) in [7, 11) is 0. The second kappa shape index (κ2) is 8.73. The molecule has 0 spiro atoms. The van der Waals surface area contributed by atoms with E-state index in [1.54, 1.807) is 42.6 Å². The van der Waals surface area contributed by atoms with Crippen LogP contribution in [0.1, 0.15) is 31.9 Å². The molecule has 0 saturated carbocycles. The van der Waals surface area contributed by atoms with Crippen molar-refractivity contribution in [2.75, 3.05) is 11.1 Å². The van der Waals surface area contributed by atoms with Crippen LogP contribution in [0.15, 0.2) is 59.4 Å². The number of anilines is 2. The summed E-state index contributed by atoms with van der Waals surface area (Å²) in [6.45, 7) is 5.45.